The van der Waals surface area contributed by atoms with Crippen molar-refractivity contribution in [2.75, 3.05) is 6.73 Å². The van der Waals surface area contributed by atoms with E-state index in [-0.39, 0.29) is 12.8 Å². The Bertz CT molecular complexity index is 408. The summed E-state index contributed by atoms with van der Waals surface area (Å²) in [5.74, 6) is 0.619. The Morgan fingerprint density at radius 2 is 2.12 bits per heavy atom. The molecule has 0 amide bonds. The van der Waals surface area contributed by atoms with Crippen LogP contribution in [0.25, 0.3) is 0 Å². The van der Waals surface area contributed by atoms with E-state index in [2.05, 4.69) is 37.3 Å². The number of hydrogen-bond donors (Lipinski definition) is 1. The van der Waals surface area contributed by atoms with E-state index >= 15 is 0 Å². The molecule has 0 saturated heterocycles. The third kappa shape index (κ3) is 3.05. The molecule has 2 nitrogen and oxygen atoms in total. The van der Waals surface area contributed by atoms with Gasteiger partial charge in [-0.1, -0.05) is 55.5 Å². The van der Waals surface area contributed by atoms with Gasteiger partial charge in [-0.15, -0.1) is 0 Å². The van der Waals surface area contributed by atoms with Crippen LogP contribution in [0.2, 0.25) is 0 Å². The van der Waals surface area contributed by atoms with E-state index in [4.69, 9.17) is 10.5 Å². The van der Waals surface area contributed by atoms with Gasteiger partial charge < -0.3 is 10.5 Å². The second-order valence-corrected chi connectivity index (χ2v) is 4.40. The first-order valence-corrected chi connectivity index (χ1v) is 6.06. The Hall–Kier alpha value is -1.38. The maximum absolute atomic E-state index is 5.66. The molecule has 17 heavy (non-hydrogen) atoms. The second kappa shape index (κ2) is 5.80. The molecule has 90 valence electrons. The van der Waals surface area contributed by atoms with Crippen molar-refractivity contribution >= 4 is 0 Å². The summed E-state index contributed by atoms with van der Waals surface area (Å²) in [6.07, 6.45) is 7.67. The van der Waals surface area contributed by atoms with Crippen LogP contribution >= 0.6 is 0 Å². The normalized spacial score (nSPS) is 21.1. The SMILES string of the molecule is CC1C=CC(C(OCN)c2ccccc2)=CC1. The van der Waals surface area contributed by atoms with Gasteiger partial charge in [0.2, 0.25) is 0 Å². The van der Waals surface area contributed by atoms with Crippen LogP contribution in [0.1, 0.15) is 25.0 Å². The summed E-state index contributed by atoms with van der Waals surface area (Å²) in [4.78, 5) is 0. The monoisotopic (exact) mass is 229 g/mol. The van der Waals surface area contributed by atoms with E-state index in [0.29, 0.717) is 5.92 Å². The molecular weight excluding hydrogens is 210 g/mol. The van der Waals surface area contributed by atoms with Gasteiger partial charge in [-0.2, -0.15) is 0 Å². The van der Waals surface area contributed by atoms with Crippen molar-refractivity contribution in [2.24, 2.45) is 11.7 Å². The maximum atomic E-state index is 5.66. The summed E-state index contributed by atoms with van der Waals surface area (Å²) >= 11 is 0. The van der Waals surface area contributed by atoms with Crippen LogP contribution in [-0.4, -0.2) is 6.73 Å². The van der Waals surface area contributed by atoms with Crippen molar-refractivity contribution in [2.45, 2.75) is 19.4 Å². The summed E-state index contributed by atoms with van der Waals surface area (Å²) < 4.78 is 5.66. The van der Waals surface area contributed by atoms with Crippen molar-refractivity contribution in [1.29, 1.82) is 0 Å². The van der Waals surface area contributed by atoms with Crippen molar-refractivity contribution in [3.05, 3.63) is 59.7 Å². The number of benzene rings is 1. The molecule has 1 aromatic rings. The molecule has 1 aromatic carbocycles. The fourth-order valence-corrected chi connectivity index (χ4v) is 2.05. The summed E-state index contributed by atoms with van der Waals surface area (Å²) in [7, 11) is 0. The molecule has 0 fully saturated rings. The van der Waals surface area contributed by atoms with Gasteiger partial charge in [0, 0.05) is 0 Å². The van der Waals surface area contributed by atoms with E-state index in [1.807, 2.05) is 18.2 Å². The van der Waals surface area contributed by atoms with Crippen molar-refractivity contribution < 1.29 is 4.74 Å². The minimum Gasteiger partial charge on any atom is -0.354 e. The topological polar surface area (TPSA) is 35.2 Å². The van der Waals surface area contributed by atoms with E-state index in [0.717, 1.165) is 12.0 Å². The average molecular weight is 229 g/mol. The zero-order chi connectivity index (χ0) is 12.1. The summed E-state index contributed by atoms with van der Waals surface area (Å²) in [6.45, 7) is 2.45. The Balaban J connectivity index is 2.21. The molecule has 2 atom stereocenters. The molecule has 2 unspecified atom stereocenters. The van der Waals surface area contributed by atoms with E-state index in [9.17, 15) is 0 Å². The van der Waals surface area contributed by atoms with Gasteiger partial charge in [0.05, 0.1) is 6.73 Å². The first kappa shape index (κ1) is 12.1. The molecule has 0 bridgehead atoms. The molecular formula is C15H19NO. The maximum Gasteiger partial charge on any atom is 0.109 e. The van der Waals surface area contributed by atoms with Crippen LogP contribution in [0, 0.1) is 5.92 Å². The highest BCUT2D eigenvalue weighted by Crippen LogP contribution is 2.30. The van der Waals surface area contributed by atoms with Gasteiger partial charge >= 0.3 is 0 Å². The molecule has 1 aliphatic carbocycles. The largest absolute Gasteiger partial charge is 0.354 e. The Labute approximate surface area is 103 Å². The molecule has 2 heteroatoms. The fourth-order valence-electron chi connectivity index (χ4n) is 2.05. The highest BCUT2D eigenvalue weighted by Gasteiger charge is 2.17. The summed E-state index contributed by atoms with van der Waals surface area (Å²) in [6, 6.07) is 10.2. The molecule has 0 spiro atoms. The zero-order valence-electron chi connectivity index (χ0n) is 10.2. The summed E-state index contributed by atoms with van der Waals surface area (Å²) in [5, 5.41) is 0. The molecule has 2 N–H and O–H groups in total. The molecule has 2 rings (SSSR count). The quantitative estimate of drug-likeness (QED) is 0.805. The van der Waals surface area contributed by atoms with Crippen LogP contribution in [0.5, 0.6) is 0 Å². The van der Waals surface area contributed by atoms with Crippen LogP contribution < -0.4 is 5.73 Å². The minimum atomic E-state index is -0.0371. The minimum absolute atomic E-state index is 0.0371. The number of rotatable bonds is 4. The van der Waals surface area contributed by atoms with Gasteiger partial charge in [0.25, 0.3) is 0 Å². The highest BCUT2D eigenvalue weighted by molar-refractivity contribution is 5.34. The molecule has 0 heterocycles. The van der Waals surface area contributed by atoms with Crippen LogP contribution in [0.4, 0.5) is 0 Å². The van der Waals surface area contributed by atoms with Crippen molar-refractivity contribution in [1.82, 2.24) is 0 Å². The number of ether oxygens (including phenoxy) is 1. The summed E-state index contributed by atoms with van der Waals surface area (Å²) in [5.41, 5.74) is 7.89. The molecule has 0 aromatic heterocycles. The van der Waals surface area contributed by atoms with Gasteiger partial charge in [0.1, 0.15) is 6.10 Å². The van der Waals surface area contributed by atoms with E-state index < -0.39 is 0 Å². The molecule has 0 saturated carbocycles. The third-order valence-electron chi connectivity index (χ3n) is 3.01. The number of hydrogen-bond acceptors (Lipinski definition) is 2. The standard InChI is InChI=1S/C15H19NO/c1-12-7-9-14(10-8-12)15(17-11-16)13-5-3-2-4-6-13/h2-7,9-10,12,15H,8,11,16H2,1H3. The third-order valence-corrected chi connectivity index (χ3v) is 3.01. The Kier molecular flexibility index (Phi) is 4.13. The first-order chi connectivity index (χ1) is 8.31. The van der Waals surface area contributed by atoms with Gasteiger partial charge in [-0.3, -0.25) is 0 Å². The molecule has 1 aliphatic rings. The molecule has 0 aliphatic heterocycles. The average Bonchev–Trinajstić information content (AvgIpc) is 2.38. The smallest absolute Gasteiger partial charge is 0.109 e. The van der Waals surface area contributed by atoms with Gasteiger partial charge in [-0.05, 0) is 23.5 Å². The zero-order valence-corrected chi connectivity index (χ0v) is 10.2. The second-order valence-electron chi connectivity index (χ2n) is 4.40. The lowest BCUT2D eigenvalue weighted by molar-refractivity contribution is 0.0846. The van der Waals surface area contributed by atoms with Crippen molar-refractivity contribution in [3.63, 3.8) is 0 Å². The molecule has 0 radical (unpaired) electrons. The fraction of sp³-hybridized carbons (Fsp3) is 0.333. The Morgan fingerprint density at radius 1 is 1.35 bits per heavy atom. The van der Waals surface area contributed by atoms with E-state index in [1.165, 1.54) is 5.57 Å². The van der Waals surface area contributed by atoms with Gasteiger partial charge in [-0.25, -0.2) is 0 Å². The van der Waals surface area contributed by atoms with Crippen molar-refractivity contribution in [3.8, 4) is 0 Å². The van der Waals surface area contributed by atoms with Gasteiger partial charge in [0.15, 0.2) is 0 Å². The lowest BCUT2D eigenvalue weighted by Crippen LogP contribution is -2.14. The predicted octanol–water partition coefficient (Wildman–Crippen LogP) is 3.18. The lowest BCUT2D eigenvalue weighted by atomic mass is 9.92. The van der Waals surface area contributed by atoms with Crippen LogP contribution in [0.3, 0.4) is 0 Å². The van der Waals surface area contributed by atoms with Crippen LogP contribution in [-0.2, 0) is 4.74 Å². The Morgan fingerprint density at radius 3 is 2.71 bits per heavy atom. The predicted molar refractivity (Wildman–Crippen MR) is 70.3 cm³/mol. The lowest BCUT2D eigenvalue weighted by Gasteiger charge is -2.21. The van der Waals surface area contributed by atoms with E-state index in [1.54, 1.807) is 0 Å². The van der Waals surface area contributed by atoms with Crippen LogP contribution in [0.15, 0.2) is 54.1 Å². The highest BCUT2D eigenvalue weighted by atomic mass is 16.5. The number of nitrogens with two attached hydrogens (primary N) is 1. The number of allylic oxidation sites excluding steroid dienone is 2. The first-order valence-electron chi connectivity index (χ1n) is 6.06.